The number of benzene rings is 2. The van der Waals surface area contributed by atoms with Gasteiger partial charge in [-0.25, -0.2) is 0 Å². The van der Waals surface area contributed by atoms with E-state index in [1.165, 1.54) is 0 Å². The van der Waals surface area contributed by atoms with E-state index in [2.05, 4.69) is 55.4 Å². The molecule has 0 N–H and O–H groups in total. The molecule has 0 atom stereocenters. The minimum absolute atomic E-state index is 0.391. The van der Waals surface area contributed by atoms with Crippen molar-refractivity contribution in [2.24, 2.45) is 0 Å². The molecule has 2 heterocycles. The molecule has 2 aliphatic rings. The molecule has 0 bridgehead atoms. The highest BCUT2D eigenvalue weighted by atomic mass is 16.7. The molecule has 2 aromatic carbocycles. The van der Waals surface area contributed by atoms with Crippen molar-refractivity contribution in [2.75, 3.05) is 14.2 Å². The minimum Gasteiger partial charge on any atom is -0.399 e. The molecule has 2 fully saturated rings. The fourth-order valence-corrected chi connectivity index (χ4v) is 4.40. The van der Waals surface area contributed by atoms with Crippen LogP contribution in [0.25, 0.3) is 0 Å². The first-order valence-electron chi connectivity index (χ1n) is 12.2. The average molecular weight is 480 g/mol. The average Bonchev–Trinajstić information content (AvgIpc) is 3.15. The molecule has 8 heteroatoms. The predicted molar refractivity (Wildman–Crippen MR) is 139 cm³/mol. The topological polar surface area (TPSA) is 55.4 Å². The van der Waals surface area contributed by atoms with E-state index in [9.17, 15) is 0 Å². The Kier molecular flexibility index (Phi) is 6.58. The van der Waals surface area contributed by atoms with Gasteiger partial charge in [-0.3, -0.25) is 0 Å². The molecule has 35 heavy (non-hydrogen) atoms. The number of methoxy groups -OCH3 is 2. The van der Waals surface area contributed by atoms with Crippen molar-refractivity contribution in [1.82, 2.24) is 0 Å². The first-order chi connectivity index (χ1) is 16.2. The molecule has 0 amide bonds. The zero-order valence-corrected chi connectivity index (χ0v) is 22.7. The molecular formula is C27H38B2O6. The number of hydrogen-bond acceptors (Lipinski definition) is 6. The molecule has 2 saturated heterocycles. The van der Waals surface area contributed by atoms with Crippen LogP contribution in [0.5, 0.6) is 0 Å². The molecule has 188 valence electrons. The Morgan fingerprint density at radius 1 is 0.514 bits per heavy atom. The first-order valence-corrected chi connectivity index (χ1v) is 12.2. The number of rotatable bonds is 6. The van der Waals surface area contributed by atoms with E-state index in [1.54, 1.807) is 14.2 Å². The van der Waals surface area contributed by atoms with Crippen LogP contribution in [0.3, 0.4) is 0 Å². The summed E-state index contributed by atoms with van der Waals surface area (Å²) in [6.45, 7) is 16.4. The van der Waals surface area contributed by atoms with Crippen LogP contribution in [0.2, 0.25) is 0 Å². The van der Waals surface area contributed by atoms with Gasteiger partial charge in [0.25, 0.3) is 0 Å². The van der Waals surface area contributed by atoms with Gasteiger partial charge >= 0.3 is 14.2 Å². The van der Waals surface area contributed by atoms with Crippen molar-refractivity contribution in [3.63, 3.8) is 0 Å². The van der Waals surface area contributed by atoms with Gasteiger partial charge in [0.1, 0.15) is 0 Å². The molecule has 0 aliphatic carbocycles. The maximum Gasteiger partial charge on any atom is 0.494 e. The second-order valence-electron chi connectivity index (χ2n) is 11.4. The van der Waals surface area contributed by atoms with Crippen molar-refractivity contribution in [2.45, 2.75) is 83.6 Å². The zero-order chi connectivity index (χ0) is 25.9. The van der Waals surface area contributed by atoms with Gasteiger partial charge in [-0.1, -0.05) is 48.5 Å². The first kappa shape index (κ1) is 26.4. The van der Waals surface area contributed by atoms with Crippen LogP contribution in [0.4, 0.5) is 0 Å². The van der Waals surface area contributed by atoms with E-state index >= 15 is 0 Å². The summed E-state index contributed by atoms with van der Waals surface area (Å²) in [5.74, 6) is -1.07. The second-order valence-corrected chi connectivity index (χ2v) is 11.4. The zero-order valence-electron chi connectivity index (χ0n) is 22.7. The molecule has 4 rings (SSSR count). The smallest absolute Gasteiger partial charge is 0.399 e. The summed E-state index contributed by atoms with van der Waals surface area (Å²) in [7, 11) is 2.45. The van der Waals surface area contributed by atoms with Crippen molar-refractivity contribution < 1.29 is 28.1 Å². The number of hydrogen-bond donors (Lipinski definition) is 0. The van der Waals surface area contributed by atoms with E-state index in [1.807, 2.05) is 48.5 Å². The molecule has 0 saturated carbocycles. The van der Waals surface area contributed by atoms with Crippen LogP contribution in [0.1, 0.15) is 66.5 Å². The quantitative estimate of drug-likeness (QED) is 0.464. The summed E-state index contributed by atoms with van der Waals surface area (Å²) in [6.07, 6.45) is 0. The minimum atomic E-state index is -1.07. The molecule has 0 spiro atoms. The normalized spacial score (nSPS) is 22.6. The maximum atomic E-state index is 6.20. The van der Waals surface area contributed by atoms with Gasteiger partial charge in [-0.2, -0.15) is 0 Å². The van der Waals surface area contributed by atoms with E-state index in [0.717, 1.165) is 22.1 Å². The van der Waals surface area contributed by atoms with Gasteiger partial charge in [0.15, 0.2) is 0 Å². The third-order valence-electron chi connectivity index (χ3n) is 8.21. The lowest BCUT2D eigenvalue weighted by Crippen LogP contribution is -2.41. The van der Waals surface area contributed by atoms with Gasteiger partial charge < -0.3 is 28.1 Å². The SMILES string of the molecule is COC(OC)(c1ccc(B2OC(C)(C)C(C)(C)O2)cc1)c1ccc(B2OC(C)(C)C(C)(C)O2)cc1. The lowest BCUT2D eigenvalue weighted by molar-refractivity contribution is -0.183. The Hall–Kier alpha value is -1.67. The summed E-state index contributed by atoms with van der Waals surface area (Å²) in [4.78, 5) is 0. The van der Waals surface area contributed by atoms with E-state index < -0.39 is 42.4 Å². The van der Waals surface area contributed by atoms with E-state index in [0.29, 0.717) is 0 Å². The summed E-state index contributed by atoms with van der Waals surface area (Å²) < 4.78 is 36.7. The van der Waals surface area contributed by atoms with Crippen LogP contribution in [-0.4, -0.2) is 50.9 Å². The summed E-state index contributed by atoms with van der Waals surface area (Å²) in [5.41, 5.74) is 2.07. The standard InChI is InChI=1S/C27H38B2O6/c1-23(2)24(3,4)33-28(32-23)21-15-11-19(12-16-21)27(30-9,31-10)20-13-17-22(18-14-20)29-34-25(5,6)26(7,8)35-29/h11-18H,1-10H3. The van der Waals surface area contributed by atoms with Gasteiger partial charge in [0.2, 0.25) is 5.79 Å². The lowest BCUT2D eigenvalue weighted by atomic mass is 9.77. The van der Waals surface area contributed by atoms with E-state index in [4.69, 9.17) is 28.1 Å². The Balaban J connectivity index is 1.58. The fraction of sp³-hybridized carbons (Fsp3) is 0.556. The molecule has 2 aromatic rings. The predicted octanol–water partition coefficient (Wildman–Crippen LogP) is 3.78. The maximum absolute atomic E-state index is 6.20. The third-order valence-corrected chi connectivity index (χ3v) is 8.21. The molecule has 2 aliphatic heterocycles. The van der Waals surface area contributed by atoms with Crippen LogP contribution in [0.15, 0.2) is 48.5 Å². The summed E-state index contributed by atoms with van der Waals surface area (Å²) >= 11 is 0. The van der Waals surface area contributed by atoms with Crippen molar-refractivity contribution in [3.05, 3.63) is 59.7 Å². The highest BCUT2D eigenvalue weighted by Gasteiger charge is 2.53. The largest absolute Gasteiger partial charge is 0.494 e. The Morgan fingerprint density at radius 3 is 1.00 bits per heavy atom. The number of ether oxygens (including phenoxy) is 2. The highest BCUT2D eigenvalue weighted by Crippen LogP contribution is 2.38. The van der Waals surface area contributed by atoms with Crippen LogP contribution >= 0.6 is 0 Å². The van der Waals surface area contributed by atoms with Gasteiger partial charge in [-0.15, -0.1) is 0 Å². The summed E-state index contributed by atoms with van der Waals surface area (Å²) in [5, 5.41) is 0. The molecule has 6 nitrogen and oxygen atoms in total. The Bertz CT molecular complexity index is 929. The Labute approximate surface area is 210 Å². The lowest BCUT2D eigenvalue weighted by Gasteiger charge is -2.32. The highest BCUT2D eigenvalue weighted by molar-refractivity contribution is 6.62. The van der Waals surface area contributed by atoms with Crippen LogP contribution in [-0.2, 0) is 33.9 Å². The van der Waals surface area contributed by atoms with Gasteiger partial charge in [0.05, 0.1) is 22.4 Å². The molecule has 0 aromatic heterocycles. The molecule has 0 radical (unpaired) electrons. The van der Waals surface area contributed by atoms with Gasteiger partial charge in [0, 0.05) is 25.3 Å². The van der Waals surface area contributed by atoms with Crippen molar-refractivity contribution >= 4 is 25.2 Å². The molecular weight excluding hydrogens is 442 g/mol. The fourth-order valence-electron chi connectivity index (χ4n) is 4.40. The third kappa shape index (κ3) is 4.39. The van der Waals surface area contributed by atoms with Crippen LogP contribution < -0.4 is 10.9 Å². The van der Waals surface area contributed by atoms with Crippen molar-refractivity contribution in [3.8, 4) is 0 Å². The monoisotopic (exact) mass is 480 g/mol. The molecule has 0 unspecified atom stereocenters. The van der Waals surface area contributed by atoms with Crippen molar-refractivity contribution in [1.29, 1.82) is 0 Å². The summed E-state index contributed by atoms with van der Waals surface area (Å²) in [6, 6.07) is 16.0. The van der Waals surface area contributed by atoms with E-state index in [-0.39, 0.29) is 0 Å². The van der Waals surface area contributed by atoms with Crippen LogP contribution in [0, 0.1) is 0 Å². The second kappa shape index (κ2) is 8.72. The Morgan fingerprint density at radius 2 is 0.771 bits per heavy atom. The van der Waals surface area contributed by atoms with Gasteiger partial charge in [-0.05, 0) is 66.3 Å².